The van der Waals surface area contributed by atoms with E-state index in [0.29, 0.717) is 5.92 Å². The third-order valence-corrected chi connectivity index (χ3v) is 5.44. The standard InChI is InChI=1S/C22H24FNO/c1-25-22-10-7-15(12-20(22)16-5-3-2-4-6-16)11-17-14-24-21-9-8-18(23)13-19(17)21/h7-13,16,24H,2-6,14H2,1H3. The van der Waals surface area contributed by atoms with Gasteiger partial charge in [0, 0.05) is 17.8 Å². The van der Waals surface area contributed by atoms with E-state index < -0.39 is 0 Å². The van der Waals surface area contributed by atoms with E-state index in [9.17, 15) is 4.39 Å². The first-order chi connectivity index (χ1) is 12.2. The second-order valence-electron chi connectivity index (χ2n) is 7.05. The van der Waals surface area contributed by atoms with Crippen molar-refractivity contribution in [2.75, 3.05) is 19.0 Å². The molecule has 130 valence electrons. The van der Waals surface area contributed by atoms with Crippen LogP contribution in [0.15, 0.2) is 36.4 Å². The number of hydrogen-bond donors (Lipinski definition) is 1. The molecule has 0 saturated heterocycles. The first-order valence-corrected chi connectivity index (χ1v) is 9.17. The fourth-order valence-corrected chi connectivity index (χ4v) is 4.13. The zero-order chi connectivity index (χ0) is 17.2. The molecule has 2 aromatic carbocycles. The molecule has 0 aromatic heterocycles. The quantitative estimate of drug-likeness (QED) is 0.759. The van der Waals surface area contributed by atoms with Crippen LogP contribution in [0, 0.1) is 5.82 Å². The average molecular weight is 337 g/mol. The molecule has 0 bridgehead atoms. The Morgan fingerprint density at radius 1 is 1.08 bits per heavy atom. The highest BCUT2D eigenvalue weighted by molar-refractivity contribution is 5.93. The number of rotatable bonds is 3. The second-order valence-corrected chi connectivity index (χ2v) is 7.05. The van der Waals surface area contributed by atoms with Crippen LogP contribution in [0.3, 0.4) is 0 Å². The Morgan fingerprint density at radius 3 is 2.72 bits per heavy atom. The van der Waals surface area contributed by atoms with Gasteiger partial charge in [-0.15, -0.1) is 0 Å². The van der Waals surface area contributed by atoms with Crippen LogP contribution < -0.4 is 10.1 Å². The number of hydrogen-bond acceptors (Lipinski definition) is 2. The van der Waals surface area contributed by atoms with Gasteiger partial charge >= 0.3 is 0 Å². The maximum Gasteiger partial charge on any atom is 0.123 e. The normalized spacial score (nSPS) is 18.9. The molecule has 1 saturated carbocycles. The summed E-state index contributed by atoms with van der Waals surface area (Å²) in [6.07, 6.45) is 8.60. The topological polar surface area (TPSA) is 21.3 Å². The third-order valence-electron chi connectivity index (χ3n) is 5.44. The van der Waals surface area contributed by atoms with Crippen LogP contribution in [-0.2, 0) is 0 Å². The minimum atomic E-state index is -0.189. The van der Waals surface area contributed by atoms with Crippen LogP contribution in [0.1, 0.15) is 54.7 Å². The lowest BCUT2D eigenvalue weighted by atomic mass is 9.83. The predicted molar refractivity (Wildman–Crippen MR) is 102 cm³/mol. The molecular formula is C22H24FNO. The summed E-state index contributed by atoms with van der Waals surface area (Å²) >= 11 is 0. The summed E-state index contributed by atoms with van der Waals surface area (Å²) in [5, 5.41) is 3.34. The molecule has 1 aliphatic heterocycles. The van der Waals surface area contributed by atoms with Crippen LogP contribution in [0.5, 0.6) is 5.75 Å². The van der Waals surface area contributed by atoms with Crippen molar-refractivity contribution in [3.63, 3.8) is 0 Å². The molecule has 25 heavy (non-hydrogen) atoms. The Bertz CT molecular complexity index is 806. The average Bonchev–Trinajstić information content (AvgIpc) is 3.04. The molecule has 0 unspecified atom stereocenters. The van der Waals surface area contributed by atoms with E-state index in [0.717, 1.165) is 34.7 Å². The lowest BCUT2D eigenvalue weighted by Gasteiger charge is -2.24. The lowest BCUT2D eigenvalue weighted by molar-refractivity contribution is 0.387. The number of anilines is 1. The van der Waals surface area contributed by atoms with Crippen LogP contribution in [0.25, 0.3) is 11.6 Å². The van der Waals surface area contributed by atoms with Crippen LogP contribution in [0.4, 0.5) is 10.1 Å². The summed E-state index contributed by atoms with van der Waals surface area (Å²) in [6.45, 7) is 0.740. The zero-order valence-corrected chi connectivity index (χ0v) is 14.6. The highest BCUT2D eigenvalue weighted by atomic mass is 19.1. The van der Waals surface area contributed by atoms with E-state index >= 15 is 0 Å². The van der Waals surface area contributed by atoms with Gasteiger partial charge in [-0.25, -0.2) is 4.39 Å². The van der Waals surface area contributed by atoms with Crippen molar-refractivity contribution >= 4 is 17.3 Å². The molecule has 1 heterocycles. The van der Waals surface area contributed by atoms with Gasteiger partial charge in [-0.3, -0.25) is 0 Å². The van der Waals surface area contributed by atoms with Crippen molar-refractivity contribution in [3.05, 3.63) is 58.9 Å². The van der Waals surface area contributed by atoms with Crippen molar-refractivity contribution in [2.24, 2.45) is 0 Å². The first kappa shape index (κ1) is 16.2. The van der Waals surface area contributed by atoms with Gasteiger partial charge in [0.25, 0.3) is 0 Å². The van der Waals surface area contributed by atoms with Gasteiger partial charge in [0.1, 0.15) is 11.6 Å². The van der Waals surface area contributed by atoms with Crippen molar-refractivity contribution in [1.82, 2.24) is 0 Å². The number of ether oxygens (including phenoxy) is 1. The molecule has 4 rings (SSSR count). The summed E-state index contributed by atoms with van der Waals surface area (Å²) in [5.74, 6) is 1.39. The van der Waals surface area contributed by atoms with Crippen LogP contribution >= 0.6 is 0 Å². The van der Waals surface area contributed by atoms with E-state index in [1.165, 1.54) is 43.7 Å². The van der Waals surface area contributed by atoms with E-state index in [-0.39, 0.29) is 5.82 Å². The Labute approximate surface area is 148 Å². The van der Waals surface area contributed by atoms with E-state index in [2.05, 4.69) is 29.6 Å². The fourth-order valence-electron chi connectivity index (χ4n) is 4.13. The maximum absolute atomic E-state index is 13.6. The Morgan fingerprint density at radius 2 is 1.92 bits per heavy atom. The van der Waals surface area contributed by atoms with Crippen LogP contribution in [0.2, 0.25) is 0 Å². The molecule has 0 spiro atoms. The van der Waals surface area contributed by atoms with Gasteiger partial charge in [0.15, 0.2) is 0 Å². The second kappa shape index (κ2) is 6.91. The van der Waals surface area contributed by atoms with Gasteiger partial charge in [-0.1, -0.05) is 25.3 Å². The fraction of sp³-hybridized carbons (Fsp3) is 0.364. The minimum Gasteiger partial charge on any atom is -0.496 e. The lowest BCUT2D eigenvalue weighted by Crippen LogP contribution is -2.06. The van der Waals surface area contributed by atoms with Gasteiger partial charge in [0.05, 0.1) is 7.11 Å². The van der Waals surface area contributed by atoms with Crippen molar-refractivity contribution in [1.29, 1.82) is 0 Å². The van der Waals surface area contributed by atoms with Crippen molar-refractivity contribution < 1.29 is 9.13 Å². The number of halogens is 1. The molecule has 2 aliphatic rings. The largest absolute Gasteiger partial charge is 0.496 e. The summed E-state index contributed by atoms with van der Waals surface area (Å²) < 4.78 is 19.2. The smallest absolute Gasteiger partial charge is 0.123 e. The molecule has 3 heteroatoms. The maximum atomic E-state index is 13.6. The molecule has 0 radical (unpaired) electrons. The molecule has 1 aliphatic carbocycles. The molecule has 2 nitrogen and oxygen atoms in total. The van der Waals surface area contributed by atoms with Gasteiger partial charge in [0.2, 0.25) is 0 Å². The number of nitrogens with one attached hydrogen (secondary N) is 1. The van der Waals surface area contributed by atoms with Crippen molar-refractivity contribution in [2.45, 2.75) is 38.0 Å². The summed E-state index contributed by atoms with van der Waals surface area (Å²) in [7, 11) is 1.75. The van der Waals surface area contributed by atoms with Gasteiger partial charge < -0.3 is 10.1 Å². The first-order valence-electron chi connectivity index (χ1n) is 9.17. The van der Waals surface area contributed by atoms with E-state index in [4.69, 9.17) is 4.74 Å². The molecule has 0 atom stereocenters. The highest BCUT2D eigenvalue weighted by Gasteiger charge is 2.20. The summed E-state index contributed by atoms with van der Waals surface area (Å²) in [6, 6.07) is 11.4. The van der Waals surface area contributed by atoms with Crippen molar-refractivity contribution in [3.8, 4) is 5.75 Å². The highest BCUT2D eigenvalue weighted by Crippen LogP contribution is 2.39. The number of methoxy groups -OCH3 is 1. The van der Waals surface area contributed by atoms with Gasteiger partial charge in [-0.2, -0.15) is 0 Å². The Hall–Kier alpha value is -2.29. The SMILES string of the molecule is COc1ccc(C=C2CNc3ccc(F)cc32)cc1C1CCCCC1. The predicted octanol–water partition coefficient (Wildman–Crippen LogP) is 5.85. The molecule has 2 aromatic rings. The minimum absolute atomic E-state index is 0.189. The zero-order valence-electron chi connectivity index (χ0n) is 14.6. The summed E-state index contributed by atoms with van der Waals surface area (Å²) in [4.78, 5) is 0. The van der Waals surface area contributed by atoms with Crippen LogP contribution in [-0.4, -0.2) is 13.7 Å². The Balaban J connectivity index is 1.69. The molecule has 0 amide bonds. The molecular weight excluding hydrogens is 313 g/mol. The molecule has 1 fully saturated rings. The third kappa shape index (κ3) is 3.28. The molecule has 1 N–H and O–H groups in total. The van der Waals surface area contributed by atoms with Gasteiger partial charge in [-0.05, 0) is 71.9 Å². The Kier molecular flexibility index (Phi) is 4.48. The monoisotopic (exact) mass is 337 g/mol. The summed E-state index contributed by atoms with van der Waals surface area (Å²) in [5.41, 5.74) is 5.59. The number of fused-ring (bicyclic) bond motifs is 1. The number of benzene rings is 2. The van der Waals surface area contributed by atoms with E-state index in [1.54, 1.807) is 13.2 Å². The van der Waals surface area contributed by atoms with E-state index in [1.807, 2.05) is 6.07 Å².